The van der Waals surface area contributed by atoms with Crippen LogP contribution in [-0.4, -0.2) is 38.0 Å². The molecule has 92 valence electrons. The fourth-order valence-electron chi connectivity index (χ4n) is 2.20. The molecular weight excluding hydrogens is 206 g/mol. The van der Waals surface area contributed by atoms with E-state index in [0.717, 1.165) is 32.4 Å². The molecule has 0 spiro atoms. The van der Waals surface area contributed by atoms with E-state index >= 15 is 0 Å². The Hall–Kier alpha value is -0.810. The summed E-state index contributed by atoms with van der Waals surface area (Å²) in [4.78, 5) is 11.5. The maximum absolute atomic E-state index is 11.5. The zero-order valence-corrected chi connectivity index (χ0v) is 9.63. The fraction of sp³-hybridized carbons (Fsp3) is 0.909. The van der Waals surface area contributed by atoms with Gasteiger partial charge in [-0.1, -0.05) is 6.42 Å². The minimum atomic E-state index is -0.112. The van der Waals surface area contributed by atoms with Gasteiger partial charge in [0, 0.05) is 19.2 Å². The van der Waals surface area contributed by atoms with Gasteiger partial charge in [-0.25, -0.2) is 4.79 Å². The lowest BCUT2D eigenvalue weighted by Crippen LogP contribution is -2.48. The van der Waals surface area contributed by atoms with Crippen LogP contribution in [0.1, 0.15) is 32.1 Å². The number of nitrogens with one attached hydrogen (secondary N) is 3. The molecule has 2 rings (SSSR count). The Balaban J connectivity index is 1.59. The molecule has 0 aliphatic carbocycles. The Morgan fingerprint density at radius 1 is 1.31 bits per heavy atom. The summed E-state index contributed by atoms with van der Waals surface area (Å²) < 4.78 is 5.33. The molecule has 0 aromatic rings. The Kier molecular flexibility index (Phi) is 4.42. The average Bonchev–Trinajstić information content (AvgIpc) is 2.81. The first-order chi connectivity index (χ1) is 7.84. The number of carbonyl (C=O) groups is 1. The fourth-order valence-corrected chi connectivity index (χ4v) is 2.20. The second-order valence-corrected chi connectivity index (χ2v) is 4.50. The SMILES string of the molecule is O=C(NCC1CCCCN1)NC1CCCO1. The molecule has 2 saturated heterocycles. The van der Waals surface area contributed by atoms with Gasteiger partial charge in [-0.15, -0.1) is 0 Å². The zero-order valence-electron chi connectivity index (χ0n) is 9.63. The highest BCUT2D eigenvalue weighted by Gasteiger charge is 2.18. The zero-order chi connectivity index (χ0) is 11.2. The van der Waals surface area contributed by atoms with E-state index in [1.54, 1.807) is 0 Å². The molecule has 0 aromatic heterocycles. The van der Waals surface area contributed by atoms with Crippen molar-refractivity contribution in [1.82, 2.24) is 16.0 Å². The smallest absolute Gasteiger partial charge is 0.316 e. The molecule has 2 unspecified atom stereocenters. The van der Waals surface area contributed by atoms with E-state index in [9.17, 15) is 4.79 Å². The maximum atomic E-state index is 11.5. The van der Waals surface area contributed by atoms with Gasteiger partial charge in [-0.3, -0.25) is 0 Å². The molecule has 5 nitrogen and oxygen atoms in total. The van der Waals surface area contributed by atoms with E-state index in [1.807, 2.05) is 0 Å². The molecule has 0 saturated carbocycles. The van der Waals surface area contributed by atoms with Crippen LogP contribution in [0.2, 0.25) is 0 Å². The van der Waals surface area contributed by atoms with Crippen molar-refractivity contribution in [3.05, 3.63) is 0 Å². The Morgan fingerprint density at radius 2 is 2.25 bits per heavy atom. The summed E-state index contributed by atoms with van der Waals surface area (Å²) >= 11 is 0. The first kappa shape index (κ1) is 11.7. The second-order valence-electron chi connectivity index (χ2n) is 4.50. The van der Waals surface area contributed by atoms with E-state index in [2.05, 4.69) is 16.0 Å². The van der Waals surface area contributed by atoms with Crippen molar-refractivity contribution in [3.8, 4) is 0 Å². The van der Waals surface area contributed by atoms with E-state index in [4.69, 9.17) is 4.74 Å². The predicted octanol–water partition coefficient (Wildman–Crippen LogP) is 0.564. The van der Waals surface area contributed by atoms with E-state index in [-0.39, 0.29) is 12.3 Å². The van der Waals surface area contributed by atoms with Gasteiger partial charge in [0.25, 0.3) is 0 Å². The summed E-state index contributed by atoms with van der Waals surface area (Å²) in [7, 11) is 0. The highest BCUT2D eigenvalue weighted by Crippen LogP contribution is 2.08. The molecule has 2 amide bonds. The number of rotatable bonds is 3. The van der Waals surface area contributed by atoms with Gasteiger partial charge in [0.05, 0.1) is 0 Å². The molecule has 5 heteroatoms. The third kappa shape index (κ3) is 3.64. The topological polar surface area (TPSA) is 62.4 Å². The van der Waals surface area contributed by atoms with Gasteiger partial charge in [0.15, 0.2) is 0 Å². The molecule has 2 heterocycles. The average molecular weight is 227 g/mol. The van der Waals surface area contributed by atoms with Gasteiger partial charge >= 0.3 is 6.03 Å². The molecular formula is C11H21N3O2. The summed E-state index contributed by atoms with van der Waals surface area (Å²) in [6.07, 6.45) is 5.54. The van der Waals surface area contributed by atoms with Crippen LogP contribution in [0.3, 0.4) is 0 Å². The van der Waals surface area contributed by atoms with Gasteiger partial charge in [-0.2, -0.15) is 0 Å². The van der Waals surface area contributed by atoms with Crippen LogP contribution in [0.5, 0.6) is 0 Å². The molecule has 2 atom stereocenters. The lowest BCUT2D eigenvalue weighted by Gasteiger charge is -2.24. The Morgan fingerprint density at radius 3 is 2.94 bits per heavy atom. The van der Waals surface area contributed by atoms with Crippen molar-refractivity contribution in [2.45, 2.75) is 44.4 Å². The van der Waals surface area contributed by atoms with Crippen LogP contribution in [0.4, 0.5) is 4.79 Å². The summed E-state index contributed by atoms with van der Waals surface area (Å²) in [6.45, 7) is 2.54. The highest BCUT2D eigenvalue weighted by atomic mass is 16.5. The number of hydrogen-bond donors (Lipinski definition) is 3. The number of amides is 2. The minimum absolute atomic E-state index is 0.0840. The van der Waals surface area contributed by atoms with E-state index in [1.165, 1.54) is 12.8 Å². The molecule has 2 aliphatic rings. The van der Waals surface area contributed by atoms with Crippen LogP contribution in [0.15, 0.2) is 0 Å². The first-order valence-corrected chi connectivity index (χ1v) is 6.24. The molecule has 0 aromatic carbocycles. The summed E-state index contributed by atoms with van der Waals surface area (Å²) in [6, 6.07) is 0.322. The monoisotopic (exact) mass is 227 g/mol. The van der Waals surface area contributed by atoms with Gasteiger partial charge in [-0.05, 0) is 32.2 Å². The predicted molar refractivity (Wildman–Crippen MR) is 61.2 cm³/mol. The van der Waals surface area contributed by atoms with E-state index < -0.39 is 0 Å². The van der Waals surface area contributed by atoms with Gasteiger partial charge < -0.3 is 20.7 Å². The molecule has 0 bridgehead atoms. The van der Waals surface area contributed by atoms with Crippen molar-refractivity contribution < 1.29 is 9.53 Å². The maximum Gasteiger partial charge on any atom is 0.316 e. The molecule has 3 N–H and O–H groups in total. The Labute approximate surface area is 96.3 Å². The van der Waals surface area contributed by atoms with Crippen LogP contribution in [0, 0.1) is 0 Å². The highest BCUT2D eigenvalue weighted by molar-refractivity contribution is 5.74. The van der Waals surface area contributed by atoms with Crippen LogP contribution < -0.4 is 16.0 Å². The standard InChI is InChI=1S/C11H21N3O2/c15-11(14-10-5-3-7-16-10)13-8-9-4-1-2-6-12-9/h9-10,12H,1-8H2,(H2,13,14,15). The number of ether oxygens (including phenoxy) is 1. The Bertz CT molecular complexity index is 223. The third-order valence-electron chi connectivity index (χ3n) is 3.14. The lowest BCUT2D eigenvalue weighted by molar-refractivity contribution is 0.0906. The quantitative estimate of drug-likeness (QED) is 0.660. The molecule has 16 heavy (non-hydrogen) atoms. The van der Waals surface area contributed by atoms with Crippen molar-refractivity contribution in [2.24, 2.45) is 0 Å². The third-order valence-corrected chi connectivity index (χ3v) is 3.14. The van der Waals surface area contributed by atoms with Gasteiger partial charge in [0.2, 0.25) is 0 Å². The van der Waals surface area contributed by atoms with E-state index in [0.29, 0.717) is 12.6 Å². The number of hydrogen-bond acceptors (Lipinski definition) is 3. The van der Waals surface area contributed by atoms with Crippen LogP contribution in [-0.2, 0) is 4.74 Å². The minimum Gasteiger partial charge on any atom is -0.358 e. The number of piperidine rings is 1. The van der Waals surface area contributed by atoms with Crippen LogP contribution in [0.25, 0.3) is 0 Å². The second kappa shape index (κ2) is 6.06. The number of carbonyl (C=O) groups excluding carboxylic acids is 1. The summed E-state index contributed by atoms with van der Waals surface area (Å²) in [5.41, 5.74) is 0. The first-order valence-electron chi connectivity index (χ1n) is 6.24. The van der Waals surface area contributed by atoms with Crippen molar-refractivity contribution in [2.75, 3.05) is 19.7 Å². The summed E-state index contributed by atoms with van der Waals surface area (Å²) in [5.74, 6) is 0. The van der Waals surface area contributed by atoms with Gasteiger partial charge in [0.1, 0.15) is 6.23 Å². The number of urea groups is 1. The lowest BCUT2D eigenvalue weighted by atomic mass is 10.1. The van der Waals surface area contributed by atoms with Crippen molar-refractivity contribution >= 4 is 6.03 Å². The van der Waals surface area contributed by atoms with Crippen molar-refractivity contribution in [1.29, 1.82) is 0 Å². The normalized spacial score (nSPS) is 30.0. The largest absolute Gasteiger partial charge is 0.358 e. The molecule has 2 aliphatic heterocycles. The molecule has 2 fully saturated rings. The molecule has 0 radical (unpaired) electrons. The summed E-state index contributed by atoms with van der Waals surface area (Å²) in [5, 5.41) is 9.10. The van der Waals surface area contributed by atoms with Crippen molar-refractivity contribution in [3.63, 3.8) is 0 Å². The van der Waals surface area contributed by atoms with Crippen LogP contribution >= 0.6 is 0 Å².